The molecule has 6 heteroatoms. The number of primary amides is 1. The molecule has 0 radical (unpaired) electrons. The summed E-state index contributed by atoms with van der Waals surface area (Å²) in [6.07, 6.45) is 1.52. The van der Waals surface area contributed by atoms with Crippen molar-refractivity contribution in [3.05, 3.63) is 48.5 Å². The largest absolute Gasteiger partial charge is 0.508 e. The monoisotopic (exact) mass is 328 g/mol. The van der Waals surface area contributed by atoms with E-state index in [1.165, 1.54) is 29.2 Å². The molecule has 126 valence electrons. The number of hydrogen-bond donors (Lipinski definition) is 3. The van der Waals surface area contributed by atoms with Crippen molar-refractivity contribution in [1.29, 1.82) is 0 Å². The fourth-order valence-corrected chi connectivity index (χ4v) is 2.39. The highest BCUT2D eigenvalue weighted by Gasteiger charge is 2.18. The molecular weight excluding hydrogens is 308 g/mol. The molecular formula is C18H20N2O4. The molecule has 24 heavy (non-hydrogen) atoms. The van der Waals surface area contributed by atoms with E-state index in [4.69, 9.17) is 5.73 Å². The van der Waals surface area contributed by atoms with Crippen LogP contribution in [0.25, 0.3) is 0 Å². The van der Waals surface area contributed by atoms with E-state index in [0.717, 1.165) is 0 Å². The second kappa shape index (κ2) is 8.01. The molecule has 2 aromatic carbocycles. The maximum Gasteiger partial charge on any atom is 0.231 e. The zero-order valence-electron chi connectivity index (χ0n) is 13.2. The smallest absolute Gasteiger partial charge is 0.231 e. The average molecular weight is 328 g/mol. The Morgan fingerprint density at radius 2 is 1.38 bits per heavy atom. The van der Waals surface area contributed by atoms with E-state index in [2.05, 4.69) is 0 Å². The summed E-state index contributed by atoms with van der Waals surface area (Å²) in [4.78, 5) is 24.9. The molecule has 0 heterocycles. The molecule has 0 aliphatic carbocycles. The summed E-state index contributed by atoms with van der Waals surface area (Å²) in [5.74, 6) is -0.505. The Kier molecular flexibility index (Phi) is 5.78. The number of hydrogen-bond acceptors (Lipinski definition) is 4. The molecule has 0 unspecified atom stereocenters. The first-order chi connectivity index (χ1) is 11.5. The third kappa shape index (κ3) is 4.74. The normalized spacial score (nSPS) is 10.3. The summed E-state index contributed by atoms with van der Waals surface area (Å²) in [6.45, 7) is 0. The minimum atomic E-state index is -0.389. The summed E-state index contributed by atoms with van der Waals surface area (Å²) in [5.41, 5.74) is 6.10. The van der Waals surface area contributed by atoms with Crippen LogP contribution in [0.15, 0.2) is 48.5 Å². The van der Waals surface area contributed by atoms with E-state index in [-0.39, 0.29) is 36.2 Å². The second-order valence-corrected chi connectivity index (χ2v) is 5.44. The minimum Gasteiger partial charge on any atom is -0.508 e. The van der Waals surface area contributed by atoms with Crippen LogP contribution in [0.5, 0.6) is 11.5 Å². The molecule has 0 aliphatic heterocycles. The van der Waals surface area contributed by atoms with Gasteiger partial charge in [-0.05, 0) is 37.1 Å². The summed E-state index contributed by atoms with van der Waals surface area (Å²) < 4.78 is 0. The van der Waals surface area contributed by atoms with Crippen LogP contribution in [0.2, 0.25) is 0 Å². The van der Waals surface area contributed by atoms with Gasteiger partial charge in [-0.2, -0.15) is 0 Å². The number of anilines is 2. The van der Waals surface area contributed by atoms with Gasteiger partial charge >= 0.3 is 0 Å². The van der Waals surface area contributed by atoms with Gasteiger partial charge in [0.05, 0.1) is 11.4 Å². The second-order valence-electron chi connectivity index (χ2n) is 5.44. The molecule has 6 nitrogen and oxygen atoms in total. The Morgan fingerprint density at radius 1 is 0.875 bits per heavy atom. The predicted octanol–water partition coefficient (Wildman–Crippen LogP) is 2.81. The first-order valence-electron chi connectivity index (χ1n) is 7.66. The number of carbonyl (C=O) groups excluding carboxylic acids is 2. The molecule has 2 rings (SSSR count). The highest BCUT2D eigenvalue weighted by molar-refractivity contribution is 6.00. The Labute approximate surface area is 140 Å². The van der Waals surface area contributed by atoms with Crippen molar-refractivity contribution < 1.29 is 19.8 Å². The molecule has 0 aromatic heterocycles. The molecule has 2 amide bonds. The van der Waals surface area contributed by atoms with E-state index >= 15 is 0 Å². The number of nitrogens with zero attached hydrogens (tertiary/aromatic N) is 1. The van der Waals surface area contributed by atoms with Crippen LogP contribution >= 0.6 is 0 Å². The number of phenolic OH excluding ortho intramolecular Hbond substituents is 2. The fraction of sp³-hybridized carbons (Fsp3) is 0.222. The Hall–Kier alpha value is -3.02. The highest BCUT2D eigenvalue weighted by Crippen LogP contribution is 2.31. The molecule has 0 spiro atoms. The lowest BCUT2D eigenvalue weighted by Gasteiger charge is -2.23. The molecule has 2 aromatic rings. The van der Waals surface area contributed by atoms with E-state index in [9.17, 15) is 19.8 Å². The number of phenols is 2. The molecule has 0 atom stereocenters. The molecule has 0 saturated carbocycles. The van der Waals surface area contributed by atoms with E-state index in [1.54, 1.807) is 24.3 Å². The van der Waals surface area contributed by atoms with Gasteiger partial charge in [0, 0.05) is 25.0 Å². The van der Waals surface area contributed by atoms with Gasteiger partial charge in [0.2, 0.25) is 11.8 Å². The lowest BCUT2D eigenvalue weighted by molar-refractivity contribution is -0.119. The quantitative estimate of drug-likeness (QED) is 0.680. The zero-order chi connectivity index (χ0) is 17.5. The van der Waals surface area contributed by atoms with Crippen molar-refractivity contribution in [1.82, 2.24) is 0 Å². The minimum absolute atomic E-state index is 0.0409. The highest BCUT2D eigenvalue weighted by atomic mass is 16.3. The lowest BCUT2D eigenvalue weighted by atomic mass is 10.1. The summed E-state index contributed by atoms with van der Waals surface area (Å²) in [6, 6.07) is 12.7. The van der Waals surface area contributed by atoms with Gasteiger partial charge in [-0.15, -0.1) is 0 Å². The summed E-state index contributed by atoms with van der Waals surface area (Å²) in [5, 5.41) is 19.4. The summed E-state index contributed by atoms with van der Waals surface area (Å²) in [7, 11) is 0. The van der Waals surface area contributed by atoms with Gasteiger partial charge in [-0.3, -0.25) is 14.5 Å². The van der Waals surface area contributed by atoms with Gasteiger partial charge < -0.3 is 15.9 Å². The maximum atomic E-state index is 12.7. The predicted molar refractivity (Wildman–Crippen MR) is 91.0 cm³/mol. The Balaban J connectivity index is 2.23. The lowest BCUT2D eigenvalue weighted by Crippen LogP contribution is -2.25. The van der Waals surface area contributed by atoms with Gasteiger partial charge in [0.15, 0.2) is 0 Å². The third-order valence-corrected chi connectivity index (χ3v) is 3.49. The van der Waals surface area contributed by atoms with Crippen molar-refractivity contribution in [2.45, 2.75) is 25.7 Å². The number of rotatable bonds is 7. The van der Waals surface area contributed by atoms with Crippen molar-refractivity contribution in [2.75, 3.05) is 4.90 Å². The first kappa shape index (κ1) is 17.3. The Morgan fingerprint density at radius 3 is 1.83 bits per heavy atom. The van der Waals surface area contributed by atoms with E-state index in [0.29, 0.717) is 24.2 Å². The molecule has 0 fully saturated rings. The van der Waals surface area contributed by atoms with Gasteiger partial charge in [0.25, 0.3) is 0 Å². The zero-order valence-corrected chi connectivity index (χ0v) is 13.2. The van der Waals surface area contributed by atoms with Crippen LogP contribution in [-0.2, 0) is 9.59 Å². The van der Waals surface area contributed by atoms with Crippen LogP contribution in [0.3, 0.4) is 0 Å². The first-order valence-corrected chi connectivity index (χ1v) is 7.66. The summed E-state index contributed by atoms with van der Waals surface area (Å²) >= 11 is 0. The van der Waals surface area contributed by atoms with E-state index in [1.807, 2.05) is 0 Å². The van der Waals surface area contributed by atoms with Crippen LogP contribution < -0.4 is 10.6 Å². The van der Waals surface area contributed by atoms with Gasteiger partial charge in [-0.1, -0.05) is 12.1 Å². The van der Waals surface area contributed by atoms with Crippen molar-refractivity contribution in [3.8, 4) is 11.5 Å². The van der Waals surface area contributed by atoms with Crippen molar-refractivity contribution in [3.63, 3.8) is 0 Å². The topological polar surface area (TPSA) is 104 Å². The van der Waals surface area contributed by atoms with Crippen LogP contribution in [-0.4, -0.2) is 22.0 Å². The number of carbonyl (C=O) groups is 2. The van der Waals surface area contributed by atoms with Crippen LogP contribution in [0.4, 0.5) is 11.4 Å². The van der Waals surface area contributed by atoms with E-state index < -0.39 is 0 Å². The van der Waals surface area contributed by atoms with Crippen molar-refractivity contribution in [2.24, 2.45) is 5.73 Å². The number of benzene rings is 2. The molecule has 0 aliphatic rings. The number of nitrogens with two attached hydrogens (primary N) is 1. The SMILES string of the molecule is NC(=O)CCCCC(=O)N(c1cccc(O)c1)c1cccc(O)c1. The number of aromatic hydroxyl groups is 2. The maximum absolute atomic E-state index is 12.7. The third-order valence-electron chi connectivity index (χ3n) is 3.49. The average Bonchev–Trinajstić information content (AvgIpc) is 2.52. The Bertz CT molecular complexity index is 685. The van der Waals surface area contributed by atoms with Crippen molar-refractivity contribution >= 4 is 23.2 Å². The fourth-order valence-electron chi connectivity index (χ4n) is 2.39. The van der Waals surface area contributed by atoms with Crippen LogP contribution in [0, 0.1) is 0 Å². The number of amides is 2. The molecule has 0 bridgehead atoms. The van der Waals surface area contributed by atoms with Gasteiger partial charge in [-0.25, -0.2) is 0 Å². The molecule has 0 saturated heterocycles. The number of unbranched alkanes of at least 4 members (excludes halogenated alkanes) is 1. The van der Waals surface area contributed by atoms with Gasteiger partial charge in [0.1, 0.15) is 11.5 Å². The molecule has 4 N–H and O–H groups in total. The van der Waals surface area contributed by atoms with Crippen LogP contribution in [0.1, 0.15) is 25.7 Å². The standard InChI is InChI=1S/C18H20N2O4/c19-17(23)9-1-2-10-18(24)20(13-5-3-7-15(21)11-13)14-6-4-8-16(22)12-14/h3-8,11-12,21-22H,1-2,9-10H2,(H2,19,23).